The molecular formula is C20H18F3NO. The maximum Gasteiger partial charge on any atom is 0.416 e. The van der Waals surface area contributed by atoms with Gasteiger partial charge in [0.1, 0.15) is 0 Å². The second kappa shape index (κ2) is 7.83. The zero-order chi connectivity index (χ0) is 18.4. The van der Waals surface area contributed by atoms with E-state index in [1.165, 1.54) is 18.2 Å². The number of nitrogens with zero attached hydrogens (tertiary/aromatic N) is 1. The summed E-state index contributed by atoms with van der Waals surface area (Å²) in [4.78, 5) is 13.9. The lowest BCUT2D eigenvalue weighted by Gasteiger charge is -2.11. The van der Waals surface area contributed by atoms with Gasteiger partial charge >= 0.3 is 6.18 Å². The van der Waals surface area contributed by atoms with Crippen LogP contribution in [0.3, 0.4) is 0 Å². The van der Waals surface area contributed by atoms with Gasteiger partial charge in [0, 0.05) is 25.3 Å². The predicted octanol–water partition coefficient (Wildman–Crippen LogP) is 5.22. The maximum absolute atomic E-state index is 12.5. The molecule has 0 saturated carbocycles. The third-order valence-electron chi connectivity index (χ3n) is 3.55. The molecule has 25 heavy (non-hydrogen) atoms. The molecule has 2 nitrogen and oxygen atoms in total. The molecule has 0 amide bonds. The first-order valence-electron chi connectivity index (χ1n) is 7.61. The highest BCUT2D eigenvalue weighted by Gasteiger charge is 2.30. The number of hydrogen-bond donors (Lipinski definition) is 0. The van der Waals surface area contributed by atoms with Gasteiger partial charge in [-0.3, -0.25) is 4.79 Å². The Morgan fingerprint density at radius 1 is 0.920 bits per heavy atom. The molecule has 2 aromatic rings. The number of benzene rings is 2. The van der Waals surface area contributed by atoms with E-state index in [1.807, 2.05) is 49.3 Å². The minimum atomic E-state index is -4.40. The van der Waals surface area contributed by atoms with Gasteiger partial charge in [0.2, 0.25) is 0 Å². The summed E-state index contributed by atoms with van der Waals surface area (Å²) in [5.41, 5.74) is 1.52. The Hall–Kier alpha value is -2.82. The zero-order valence-corrected chi connectivity index (χ0v) is 13.9. The van der Waals surface area contributed by atoms with Crippen molar-refractivity contribution in [2.24, 2.45) is 0 Å². The van der Waals surface area contributed by atoms with E-state index in [2.05, 4.69) is 0 Å². The first-order chi connectivity index (χ1) is 11.8. The number of hydrogen-bond acceptors (Lipinski definition) is 2. The van der Waals surface area contributed by atoms with Crippen molar-refractivity contribution in [2.75, 3.05) is 19.0 Å². The molecule has 0 heterocycles. The van der Waals surface area contributed by atoms with Gasteiger partial charge in [0.15, 0.2) is 5.78 Å². The van der Waals surface area contributed by atoms with Gasteiger partial charge in [0.05, 0.1) is 5.56 Å². The monoisotopic (exact) mass is 345 g/mol. The van der Waals surface area contributed by atoms with Crippen molar-refractivity contribution in [2.45, 2.75) is 6.18 Å². The molecule has 0 aromatic heterocycles. The summed E-state index contributed by atoms with van der Waals surface area (Å²) in [5.74, 6) is -0.346. The number of rotatable bonds is 5. The summed E-state index contributed by atoms with van der Waals surface area (Å²) < 4.78 is 37.5. The van der Waals surface area contributed by atoms with Crippen LogP contribution in [0.1, 0.15) is 21.5 Å². The van der Waals surface area contributed by atoms with Crippen molar-refractivity contribution >= 4 is 17.5 Å². The molecule has 0 aliphatic carbocycles. The first kappa shape index (κ1) is 18.5. The Kier molecular flexibility index (Phi) is 5.80. The van der Waals surface area contributed by atoms with E-state index in [9.17, 15) is 18.0 Å². The van der Waals surface area contributed by atoms with Crippen LogP contribution in [0.15, 0.2) is 66.8 Å². The summed E-state index contributed by atoms with van der Waals surface area (Å²) in [6.45, 7) is 0. The van der Waals surface area contributed by atoms with Crippen LogP contribution in [0, 0.1) is 0 Å². The minimum absolute atomic E-state index is 0.216. The fourth-order valence-corrected chi connectivity index (χ4v) is 2.11. The molecule has 0 spiro atoms. The van der Waals surface area contributed by atoms with Crippen molar-refractivity contribution in [3.05, 3.63) is 83.4 Å². The fraction of sp³-hybridized carbons (Fsp3) is 0.150. The van der Waals surface area contributed by atoms with E-state index in [0.29, 0.717) is 0 Å². The molecular weight excluding hydrogens is 327 g/mol. The maximum atomic E-state index is 12.5. The third-order valence-corrected chi connectivity index (χ3v) is 3.55. The normalized spacial score (nSPS) is 12.0. The van der Waals surface area contributed by atoms with Crippen LogP contribution in [-0.4, -0.2) is 19.9 Å². The molecule has 0 fully saturated rings. The standard InChI is InChI=1S/C20H18F3NO/c1-24(2)18-13-7-15(8-14-18)5-3-4-6-19(25)16-9-11-17(12-10-16)20(21,22)23/h3-14H,1-2H3/b5-3+,6-4+. The van der Waals surface area contributed by atoms with E-state index in [1.54, 1.807) is 12.2 Å². The van der Waals surface area contributed by atoms with E-state index in [0.717, 1.165) is 23.4 Å². The van der Waals surface area contributed by atoms with Crippen LogP contribution in [0.2, 0.25) is 0 Å². The lowest BCUT2D eigenvalue weighted by molar-refractivity contribution is -0.137. The Bertz CT molecular complexity index is 770. The molecule has 0 bridgehead atoms. The largest absolute Gasteiger partial charge is 0.416 e. The molecule has 0 saturated heterocycles. The zero-order valence-electron chi connectivity index (χ0n) is 13.9. The Labute approximate surface area is 144 Å². The molecule has 0 aliphatic heterocycles. The summed E-state index contributed by atoms with van der Waals surface area (Å²) in [6.07, 6.45) is 2.05. The quantitative estimate of drug-likeness (QED) is 0.420. The number of allylic oxidation sites excluding steroid dienone is 3. The number of carbonyl (C=O) groups is 1. The van der Waals surface area contributed by atoms with Crippen molar-refractivity contribution < 1.29 is 18.0 Å². The molecule has 0 atom stereocenters. The van der Waals surface area contributed by atoms with Crippen molar-refractivity contribution in [1.82, 2.24) is 0 Å². The van der Waals surface area contributed by atoms with Gasteiger partial charge in [-0.15, -0.1) is 0 Å². The SMILES string of the molecule is CN(C)c1ccc(/C=C/C=C/C(=O)c2ccc(C(F)(F)F)cc2)cc1. The number of anilines is 1. The molecule has 0 aliphatic rings. The average molecular weight is 345 g/mol. The second-order valence-electron chi connectivity index (χ2n) is 5.64. The van der Waals surface area contributed by atoms with Crippen LogP contribution in [0.4, 0.5) is 18.9 Å². The summed E-state index contributed by atoms with van der Waals surface area (Å²) >= 11 is 0. The highest BCUT2D eigenvalue weighted by atomic mass is 19.4. The van der Waals surface area contributed by atoms with E-state index in [-0.39, 0.29) is 11.3 Å². The van der Waals surface area contributed by atoms with Crippen molar-refractivity contribution in [3.8, 4) is 0 Å². The smallest absolute Gasteiger partial charge is 0.378 e. The molecule has 5 heteroatoms. The molecule has 130 valence electrons. The van der Waals surface area contributed by atoms with E-state index >= 15 is 0 Å². The molecule has 0 unspecified atom stereocenters. The van der Waals surface area contributed by atoms with Crippen LogP contribution in [0.25, 0.3) is 6.08 Å². The Morgan fingerprint density at radius 3 is 2.04 bits per heavy atom. The summed E-state index contributed by atoms with van der Waals surface area (Å²) in [7, 11) is 3.92. The summed E-state index contributed by atoms with van der Waals surface area (Å²) in [5, 5.41) is 0. The molecule has 2 aromatic carbocycles. The number of carbonyl (C=O) groups excluding carboxylic acids is 1. The predicted molar refractivity (Wildman–Crippen MR) is 94.7 cm³/mol. The number of alkyl halides is 3. The lowest BCUT2D eigenvalue weighted by Crippen LogP contribution is -2.07. The summed E-state index contributed by atoms with van der Waals surface area (Å²) in [6, 6.07) is 12.0. The second-order valence-corrected chi connectivity index (χ2v) is 5.64. The van der Waals surface area contributed by atoms with Gasteiger partial charge in [-0.05, 0) is 35.9 Å². The average Bonchev–Trinajstić information content (AvgIpc) is 2.58. The van der Waals surface area contributed by atoms with E-state index in [4.69, 9.17) is 0 Å². The topological polar surface area (TPSA) is 20.3 Å². The number of ketones is 1. The van der Waals surface area contributed by atoms with Crippen LogP contribution in [0.5, 0.6) is 0 Å². The Morgan fingerprint density at radius 2 is 1.52 bits per heavy atom. The lowest BCUT2D eigenvalue weighted by atomic mass is 10.1. The highest BCUT2D eigenvalue weighted by Crippen LogP contribution is 2.29. The minimum Gasteiger partial charge on any atom is -0.378 e. The molecule has 2 rings (SSSR count). The van der Waals surface area contributed by atoms with Gasteiger partial charge in [-0.25, -0.2) is 0 Å². The van der Waals surface area contributed by atoms with Gasteiger partial charge in [-0.2, -0.15) is 13.2 Å². The highest BCUT2D eigenvalue weighted by molar-refractivity contribution is 6.04. The van der Waals surface area contributed by atoms with Crippen LogP contribution < -0.4 is 4.90 Å². The van der Waals surface area contributed by atoms with Gasteiger partial charge < -0.3 is 4.90 Å². The van der Waals surface area contributed by atoms with Crippen LogP contribution in [-0.2, 0) is 6.18 Å². The van der Waals surface area contributed by atoms with Crippen molar-refractivity contribution in [1.29, 1.82) is 0 Å². The molecule has 0 N–H and O–H groups in total. The van der Waals surface area contributed by atoms with Crippen LogP contribution >= 0.6 is 0 Å². The fourth-order valence-electron chi connectivity index (χ4n) is 2.11. The molecule has 0 radical (unpaired) electrons. The van der Waals surface area contributed by atoms with Crippen molar-refractivity contribution in [3.63, 3.8) is 0 Å². The number of halogens is 3. The Balaban J connectivity index is 1.98. The van der Waals surface area contributed by atoms with Gasteiger partial charge in [-0.1, -0.05) is 42.5 Å². The third kappa shape index (κ3) is 5.35. The van der Waals surface area contributed by atoms with Gasteiger partial charge in [0.25, 0.3) is 0 Å². The first-order valence-corrected chi connectivity index (χ1v) is 7.61. The van der Waals surface area contributed by atoms with E-state index < -0.39 is 11.7 Å².